The summed E-state index contributed by atoms with van der Waals surface area (Å²) in [4.78, 5) is 24.5. The number of allylic oxidation sites excluding steroid dienone is 2. The Hall–Kier alpha value is -1.32. The van der Waals surface area contributed by atoms with Gasteiger partial charge in [0, 0.05) is 13.1 Å². The van der Waals surface area contributed by atoms with Gasteiger partial charge in [0.2, 0.25) is 11.8 Å². The van der Waals surface area contributed by atoms with Gasteiger partial charge in [-0.15, -0.1) is 0 Å². The SMILES string of the molecule is CCCNC(=O)[C@@H]1[C@@H](C(=O)NCCC)[C@H]2C=C[C@H]1C2. The second-order valence-electron chi connectivity index (χ2n) is 5.58. The zero-order valence-electron chi connectivity index (χ0n) is 11.8. The molecule has 2 aliphatic rings. The maximum absolute atomic E-state index is 12.3. The van der Waals surface area contributed by atoms with Crippen molar-refractivity contribution < 1.29 is 9.59 Å². The molecule has 4 atom stereocenters. The number of carbonyl (C=O) groups is 2. The molecule has 0 aromatic heterocycles. The van der Waals surface area contributed by atoms with E-state index < -0.39 is 0 Å². The molecule has 0 heterocycles. The van der Waals surface area contributed by atoms with Gasteiger partial charge < -0.3 is 10.6 Å². The van der Waals surface area contributed by atoms with Crippen LogP contribution in [0.5, 0.6) is 0 Å². The van der Waals surface area contributed by atoms with Crippen LogP contribution in [0.25, 0.3) is 0 Å². The fraction of sp³-hybridized carbons (Fsp3) is 0.733. The fourth-order valence-electron chi connectivity index (χ4n) is 3.27. The molecule has 1 saturated carbocycles. The Morgan fingerprint density at radius 2 is 1.37 bits per heavy atom. The minimum absolute atomic E-state index is 0.0512. The zero-order valence-corrected chi connectivity index (χ0v) is 11.8. The highest BCUT2D eigenvalue weighted by atomic mass is 16.2. The summed E-state index contributed by atoms with van der Waals surface area (Å²) in [6.07, 6.45) is 7.04. The number of nitrogens with one attached hydrogen (secondary N) is 2. The van der Waals surface area contributed by atoms with Crippen LogP contribution in [0.3, 0.4) is 0 Å². The first-order chi connectivity index (χ1) is 9.19. The molecule has 2 bridgehead atoms. The van der Waals surface area contributed by atoms with Crippen LogP contribution in [0.4, 0.5) is 0 Å². The van der Waals surface area contributed by atoms with E-state index in [1.807, 2.05) is 13.8 Å². The lowest BCUT2D eigenvalue weighted by atomic mass is 9.81. The summed E-state index contributed by atoms with van der Waals surface area (Å²) in [5, 5.41) is 5.89. The molecular formula is C15H24N2O2. The van der Waals surface area contributed by atoms with Crippen molar-refractivity contribution >= 4 is 11.8 Å². The third-order valence-corrected chi connectivity index (χ3v) is 4.16. The molecule has 0 radical (unpaired) electrons. The van der Waals surface area contributed by atoms with E-state index in [0.29, 0.717) is 13.1 Å². The molecule has 0 aliphatic heterocycles. The second-order valence-corrected chi connectivity index (χ2v) is 5.58. The maximum atomic E-state index is 12.3. The molecule has 19 heavy (non-hydrogen) atoms. The van der Waals surface area contributed by atoms with Crippen molar-refractivity contribution in [2.75, 3.05) is 13.1 Å². The number of hydrogen-bond acceptors (Lipinski definition) is 2. The summed E-state index contributed by atoms with van der Waals surface area (Å²) in [6.45, 7) is 5.46. The molecule has 2 N–H and O–H groups in total. The highest BCUT2D eigenvalue weighted by Crippen LogP contribution is 2.48. The molecule has 0 unspecified atom stereocenters. The predicted molar refractivity (Wildman–Crippen MR) is 74.3 cm³/mol. The molecule has 2 rings (SSSR count). The maximum Gasteiger partial charge on any atom is 0.224 e. The summed E-state index contributed by atoms with van der Waals surface area (Å²) in [7, 11) is 0. The third-order valence-electron chi connectivity index (χ3n) is 4.16. The lowest BCUT2D eigenvalue weighted by molar-refractivity contribution is -0.135. The topological polar surface area (TPSA) is 58.2 Å². The first kappa shape index (κ1) is 14.1. The summed E-state index contributed by atoms with van der Waals surface area (Å²) in [6, 6.07) is 0. The van der Waals surface area contributed by atoms with Crippen LogP contribution in [0.1, 0.15) is 33.1 Å². The van der Waals surface area contributed by atoms with Crippen molar-refractivity contribution in [2.24, 2.45) is 23.7 Å². The van der Waals surface area contributed by atoms with Crippen molar-refractivity contribution in [3.63, 3.8) is 0 Å². The van der Waals surface area contributed by atoms with E-state index in [9.17, 15) is 9.59 Å². The normalized spacial score (nSPS) is 31.5. The van der Waals surface area contributed by atoms with Crippen LogP contribution in [-0.4, -0.2) is 24.9 Å². The van der Waals surface area contributed by atoms with E-state index >= 15 is 0 Å². The molecule has 4 heteroatoms. The van der Waals surface area contributed by atoms with Gasteiger partial charge >= 0.3 is 0 Å². The van der Waals surface area contributed by atoms with Crippen LogP contribution in [0.15, 0.2) is 12.2 Å². The Kier molecular flexibility index (Phi) is 4.61. The minimum Gasteiger partial charge on any atom is -0.356 e. The Labute approximate surface area is 115 Å². The summed E-state index contributed by atoms with van der Waals surface area (Å²) in [5.74, 6) is 0.265. The number of hydrogen-bond donors (Lipinski definition) is 2. The Morgan fingerprint density at radius 3 is 1.74 bits per heavy atom. The van der Waals surface area contributed by atoms with Gasteiger partial charge in [0.1, 0.15) is 0 Å². The van der Waals surface area contributed by atoms with Crippen LogP contribution < -0.4 is 10.6 Å². The average molecular weight is 264 g/mol. The van der Waals surface area contributed by atoms with E-state index in [0.717, 1.165) is 19.3 Å². The fourth-order valence-corrected chi connectivity index (χ4v) is 3.27. The largest absolute Gasteiger partial charge is 0.356 e. The van der Waals surface area contributed by atoms with Gasteiger partial charge in [-0.3, -0.25) is 9.59 Å². The van der Waals surface area contributed by atoms with Crippen LogP contribution in [-0.2, 0) is 9.59 Å². The lowest BCUT2D eigenvalue weighted by Crippen LogP contribution is -2.44. The quantitative estimate of drug-likeness (QED) is 0.714. The van der Waals surface area contributed by atoms with Crippen molar-refractivity contribution in [3.8, 4) is 0 Å². The third kappa shape index (κ3) is 2.82. The molecule has 106 valence electrons. The zero-order chi connectivity index (χ0) is 13.8. The van der Waals surface area contributed by atoms with Gasteiger partial charge in [-0.1, -0.05) is 26.0 Å². The molecule has 0 aromatic carbocycles. The molecular weight excluding hydrogens is 240 g/mol. The highest BCUT2D eigenvalue weighted by molar-refractivity contribution is 5.89. The standard InChI is InChI=1S/C15H24N2O2/c1-3-7-16-14(18)12-10-5-6-11(9-10)13(12)15(19)17-8-4-2/h5-6,10-13H,3-4,7-9H2,1-2H3,(H,16,18)(H,17,19)/t10-,11-,12-,13-/m0/s1. The number of rotatable bonds is 6. The van der Waals surface area contributed by atoms with Crippen LogP contribution in [0.2, 0.25) is 0 Å². The Bertz CT molecular complexity index is 344. The van der Waals surface area contributed by atoms with Gasteiger partial charge in [-0.05, 0) is 31.1 Å². The number of amides is 2. The lowest BCUT2D eigenvalue weighted by Gasteiger charge is -2.26. The van der Waals surface area contributed by atoms with Crippen molar-refractivity contribution in [3.05, 3.63) is 12.2 Å². The minimum atomic E-state index is -0.168. The Balaban J connectivity index is 2.04. The van der Waals surface area contributed by atoms with E-state index in [1.165, 1.54) is 0 Å². The average Bonchev–Trinajstić information content (AvgIpc) is 3.02. The first-order valence-electron chi connectivity index (χ1n) is 7.42. The van der Waals surface area contributed by atoms with Gasteiger partial charge in [-0.2, -0.15) is 0 Å². The molecule has 1 fully saturated rings. The van der Waals surface area contributed by atoms with Crippen molar-refractivity contribution in [1.82, 2.24) is 10.6 Å². The first-order valence-corrected chi connectivity index (χ1v) is 7.42. The Morgan fingerprint density at radius 1 is 0.947 bits per heavy atom. The van der Waals surface area contributed by atoms with E-state index in [4.69, 9.17) is 0 Å². The monoisotopic (exact) mass is 264 g/mol. The second kappa shape index (κ2) is 6.22. The van der Waals surface area contributed by atoms with E-state index in [1.54, 1.807) is 0 Å². The van der Waals surface area contributed by atoms with Crippen molar-refractivity contribution in [1.29, 1.82) is 0 Å². The van der Waals surface area contributed by atoms with E-state index in [-0.39, 0.29) is 35.5 Å². The molecule has 2 amide bonds. The molecule has 4 nitrogen and oxygen atoms in total. The van der Waals surface area contributed by atoms with Gasteiger partial charge in [-0.25, -0.2) is 0 Å². The number of carbonyl (C=O) groups excluding carboxylic acids is 2. The smallest absolute Gasteiger partial charge is 0.224 e. The van der Waals surface area contributed by atoms with Gasteiger partial charge in [0.15, 0.2) is 0 Å². The predicted octanol–water partition coefficient (Wildman–Crippen LogP) is 1.48. The van der Waals surface area contributed by atoms with Gasteiger partial charge in [0.05, 0.1) is 11.8 Å². The molecule has 0 aromatic rings. The molecule has 2 aliphatic carbocycles. The molecule has 0 spiro atoms. The van der Waals surface area contributed by atoms with E-state index in [2.05, 4.69) is 22.8 Å². The summed E-state index contributed by atoms with van der Waals surface area (Å²) in [5.41, 5.74) is 0. The van der Waals surface area contributed by atoms with Gasteiger partial charge in [0.25, 0.3) is 0 Å². The summed E-state index contributed by atoms with van der Waals surface area (Å²) < 4.78 is 0. The van der Waals surface area contributed by atoms with Crippen LogP contribution >= 0.6 is 0 Å². The summed E-state index contributed by atoms with van der Waals surface area (Å²) >= 11 is 0. The molecule has 0 saturated heterocycles. The number of fused-ring (bicyclic) bond motifs is 2. The highest BCUT2D eigenvalue weighted by Gasteiger charge is 2.51. The van der Waals surface area contributed by atoms with Crippen LogP contribution in [0, 0.1) is 23.7 Å². The van der Waals surface area contributed by atoms with Crippen molar-refractivity contribution in [2.45, 2.75) is 33.1 Å².